The van der Waals surface area contributed by atoms with E-state index in [9.17, 15) is 10.1 Å². The zero-order valence-electron chi connectivity index (χ0n) is 11.5. The van der Waals surface area contributed by atoms with Gasteiger partial charge >= 0.3 is 5.69 Å². The van der Waals surface area contributed by atoms with Crippen LogP contribution in [0.3, 0.4) is 0 Å². The van der Waals surface area contributed by atoms with E-state index < -0.39 is 4.92 Å². The van der Waals surface area contributed by atoms with Crippen LogP contribution < -0.4 is 10.6 Å². The fourth-order valence-corrected chi connectivity index (χ4v) is 2.05. The summed E-state index contributed by atoms with van der Waals surface area (Å²) in [5.41, 5.74) is 0.567. The molecule has 0 radical (unpaired) electrons. The summed E-state index contributed by atoms with van der Waals surface area (Å²) in [4.78, 5) is 18.8. The molecule has 0 saturated carbocycles. The summed E-state index contributed by atoms with van der Waals surface area (Å²) in [7, 11) is 0. The number of aromatic nitrogens is 2. The Morgan fingerprint density at radius 2 is 1.81 bits per heavy atom. The molecule has 0 aliphatic rings. The average molecular weight is 399 g/mol. The third-order valence-electron chi connectivity index (χ3n) is 2.54. The molecule has 7 nitrogen and oxygen atoms in total. The van der Waals surface area contributed by atoms with Crippen LogP contribution in [-0.4, -0.2) is 20.9 Å². The van der Waals surface area contributed by atoms with Crippen molar-refractivity contribution in [3.8, 4) is 0 Å². The van der Waals surface area contributed by atoms with Crippen LogP contribution in [0.25, 0.3) is 0 Å². The topological polar surface area (TPSA) is 93.0 Å². The lowest BCUT2D eigenvalue weighted by molar-refractivity contribution is -0.383. The molecule has 0 saturated heterocycles. The van der Waals surface area contributed by atoms with Gasteiger partial charge in [0.15, 0.2) is 0 Å². The quantitative estimate of drug-likeness (QED) is 0.454. The fourth-order valence-electron chi connectivity index (χ4n) is 1.69. The number of anilines is 3. The van der Waals surface area contributed by atoms with Crippen molar-refractivity contribution in [3.05, 3.63) is 44.3 Å². The second kappa shape index (κ2) is 6.66. The summed E-state index contributed by atoms with van der Waals surface area (Å²) < 4.78 is 1.08. The molecule has 21 heavy (non-hydrogen) atoms. The Morgan fingerprint density at radius 3 is 2.38 bits per heavy atom. The third kappa shape index (κ3) is 4.00. The molecule has 0 amide bonds. The minimum atomic E-state index is -0.486. The highest BCUT2D eigenvalue weighted by Crippen LogP contribution is 2.31. The first kappa shape index (κ1) is 15.4. The first-order chi connectivity index (χ1) is 9.97. The zero-order chi connectivity index (χ0) is 15.4. The van der Waals surface area contributed by atoms with Gasteiger partial charge in [-0.1, -0.05) is 0 Å². The first-order valence-electron chi connectivity index (χ1n) is 6.26. The van der Waals surface area contributed by atoms with E-state index in [-0.39, 0.29) is 23.4 Å². The van der Waals surface area contributed by atoms with Crippen LogP contribution in [-0.2, 0) is 0 Å². The highest BCUT2D eigenvalue weighted by Gasteiger charge is 2.23. The second-order valence-corrected chi connectivity index (χ2v) is 5.85. The normalized spacial score (nSPS) is 10.5. The van der Waals surface area contributed by atoms with E-state index in [1.165, 1.54) is 6.33 Å². The van der Waals surface area contributed by atoms with Crippen molar-refractivity contribution in [3.63, 3.8) is 0 Å². The summed E-state index contributed by atoms with van der Waals surface area (Å²) in [6.07, 6.45) is 1.30. The Balaban J connectivity index is 2.38. The molecule has 1 heterocycles. The number of hydrogen-bond donors (Lipinski definition) is 2. The molecule has 0 aliphatic heterocycles. The van der Waals surface area contributed by atoms with Crippen molar-refractivity contribution in [2.75, 3.05) is 10.6 Å². The molecule has 8 heteroatoms. The van der Waals surface area contributed by atoms with Crippen molar-refractivity contribution < 1.29 is 4.92 Å². The van der Waals surface area contributed by atoms with E-state index >= 15 is 0 Å². The number of nitro groups is 1. The van der Waals surface area contributed by atoms with Crippen molar-refractivity contribution >= 4 is 45.6 Å². The van der Waals surface area contributed by atoms with Gasteiger partial charge in [-0.3, -0.25) is 10.1 Å². The van der Waals surface area contributed by atoms with Crippen molar-refractivity contribution in [2.45, 2.75) is 19.9 Å². The number of nitrogens with zero attached hydrogens (tertiary/aromatic N) is 3. The maximum absolute atomic E-state index is 11.3. The van der Waals surface area contributed by atoms with Crippen molar-refractivity contribution in [1.29, 1.82) is 0 Å². The summed E-state index contributed by atoms with van der Waals surface area (Å²) in [5, 5.41) is 17.2. The molecule has 0 fully saturated rings. The predicted octanol–water partition coefficient (Wildman–Crippen LogP) is 3.55. The average Bonchev–Trinajstić information content (AvgIpc) is 2.40. The van der Waals surface area contributed by atoms with E-state index in [1.807, 2.05) is 38.1 Å². The minimum Gasteiger partial charge on any atom is -0.362 e. The monoisotopic (exact) mass is 399 g/mol. The Kier molecular flexibility index (Phi) is 4.89. The van der Waals surface area contributed by atoms with Gasteiger partial charge < -0.3 is 10.6 Å². The van der Waals surface area contributed by atoms with Crippen LogP contribution in [0.5, 0.6) is 0 Å². The lowest BCUT2D eigenvalue weighted by atomic mass is 10.3. The minimum absolute atomic E-state index is 0.0322. The highest BCUT2D eigenvalue weighted by atomic mass is 127. The predicted molar refractivity (Wildman–Crippen MR) is 89.9 cm³/mol. The fraction of sp³-hybridized carbons (Fsp3) is 0.231. The van der Waals surface area contributed by atoms with Crippen LogP contribution in [0.1, 0.15) is 13.8 Å². The van der Waals surface area contributed by atoms with Gasteiger partial charge in [-0.15, -0.1) is 0 Å². The second-order valence-electron chi connectivity index (χ2n) is 4.61. The molecular weight excluding hydrogens is 385 g/mol. The number of hydrogen-bond acceptors (Lipinski definition) is 6. The summed E-state index contributed by atoms with van der Waals surface area (Å²) in [6, 6.07) is 7.52. The van der Waals surface area contributed by atoms with Crippen LogP contribution in [0, 0.1) is 13.7 Å². The van der Waals surface area contributed by atoms with Gasteiger partial charge in [-0.05, 0) is 60.7 Å². The Bertz CT molecular complexity index is 646. The molecule has 2 aromatic rings. The molecular formula is C13H14IN5O2. The van der Waals surface area contributed by atoms with Gasteiger partial charge in [0.25, 0.3) is 0 Å². The SMILES string of the molecule is CC(C)Nc1ncnc(Nc2ccc(I)cc2)c1[N+](=O)[O-]. The van der Waals surface area contributed by atoms with Gasteiger partial charge in [0, 0.05) is 15.3 Å². The Labute approximate surface area is 135 Å². The summed E-state index contributed by atoms with van der Waals surface area (Å²) in [5.74, 6) is 0.373. The van der Waals surface area contributed by atoms with Gasteiger partial charge in [0.05, 0.1) is 4.92 Å². The highest BCUT2D eigenvalue weighted by molar-refractivity contribution is 14.1. The van der Waals surface area contributed by atoms with Crippen molar-refractivity contribution in [2.24, 2.45) is 0 Å². The van der Waals surface area contributed by atoms with Crippen molar-refractivity contribution in [1.82, 2.24) is 9.97 Å². The summed E-state index contributed by atoms with van der Waals surface area (Å²) in [6.45, 7) is 3.77. The van der Waals surface area contributed by atoms with Crippen LogP contribution in [0.4, 0.5) is 23.0 Å². The van der Waals surface area contributed by atoms with Gasteiger partial charge in [0.1, 0.15) is 6.33 Å². The summed E-state index contributed by atoms with van der Waals surface area (Å²) >= 11 is 2.19. The Morgan fingerprint density at radius 1 is 1.19 bits per heavy atom. The lowest BCUT2D eigenvalue weighted by Crippen LogP contribution is -2.14. The molecule has 1 aromatic heterocycles. The molecule has 0 unspecified atom stereocenters. The molecule has 2 rings (SSSR count). The molecule has 2 N–H and O–H groups in total. The standard InChI is InChI=1S/C13H14IN5O2/c1-8(2)17-12-11(19(20)21)13(16-7-15-12)18-10-5-3-9(14)4-6-10/h3-8H,1-2H3,(H2,15,16,17,18). The number of benzene rings is 1. The lowest BCUT2D eigenvalue weighted by Gasteiger charge is -2.11. The van der Waals surface area contributed by atoms with Crippen LogP contribution in [0.2, 0.25) is 0 Å². The van der Waals surface area contributed by atoms with E-state index in [2.05, 4.69) is 43.2 Å². The van der Waals surface area contributed by atoms with Gasteiger partial charge in [0.2, 0.25) is 11.6 Å². The molecule has 1 aromatic carbocycles. The zero-order valence-corrected chi connectivity index (χ0v) is 13.7. The van der Waals surface area contributed by atoms with Gasteiger partial charge in [-0.25, -0.2) is 9.97 Å². The third-order valence-corrected chi connectivity index (χ3v) is 3.26. The maximum atomic E-state index is 11.3. The smallest absolute Gasteiger partial charge is 0.353 e. The first-order valence-corrected chi connectivity index (χ1v) is 7.33. The van der Waals surface area contributed by atoms with E-state index in [0.29, 0.717) is 0 Å². The molecule has 0 atom stereocenters. The number of nitrogens with one attached hydrogen (secondary N) is 2. The Hall–Kier alpha value is -1.97. The number of halogens is 1. The van der Waals surface area contributed by atoms with Crippen LogP contribution in [0.15, 0.2) is 30.6 Å². The number of rotatable bonds is 5. The van der Waals surface area contributed by atoms with E-state index in [4.69, 9.17) is 0 Å². The molecule has 110 valence electrons. The molecule has 0 aliphatic carbocycles. The van der Waals surface area contributed by atoms with Crippen LogP contribution >= 0.6 is 22.6 Å². The van der Waals surface area contributed by atoms with E-state index in [0.717, 1.165) is 9.26 Å². The largest absolute Gasteiger partial charge is 0.362 e. The molecule has 0 bridgehead atoms. The van der Waals surface area contributed by atoms with E-state index in [1.54, 1.807) is 0 Å². The maximum Gasteiger partial charge on any atom is 0.353 e. The molecule has 0 spiro atoms. The van der Waals surface area contributed by atoms with Gasteiger partial charge in [-0.2, -0.15) is 0 Å².